The van der Waals surface area contributed by atoms with E-state index in [-0.39, 0.29) is 0 Å². The van der Waals surface area contributed by atoms with Crippen LogP contribution in [0.1, 0.15) is 10.4 Å². The minimum Gasteiger partial charge on any atom is -0.478 e. The first-order valence-electron chi connectivity index (χ1n) is 4.17. The van der Waals surface area contributed by atoms with E-state index in [4.69, 9.17) is 5.11 Å². The van der Waals surface area contributed by atoms with Crippen molar-refractivity contribution in [3.63, 3.8) is 0 Å². The van der Waals surface area contributed by atoms with Crippen LogP contribution in [-0.2, 0) is 0 Å². The fourth-order valence-electron chi connectivity index (χ4n) is 0.839. The van der Waals surface area contributed by atoms with Gasteiger partial charge in [0.05, 0.1) is 9.35 Å². The highest BCUT2D eigenvalue weighted by atomic mass is 79.9. The van der Waals surface area contributed by atoms with E-state index in [1.54, 1.807) is 41.7 Å². The number of hydrogen-bond donors (Lipinski definition) is 1. The first-order chi connectivity index (χ1) is 7.20. The van der Waals surface area contributed by atoms with Crippen molar-refractivity contribution in [1.82, 2.24) is 0 Å². The number of benzene rings is 1. The maximum Gasteiger partial charge on any atom is 0.335 e. The molecule has 4 heteroatoms. The third-order valence-electron chi connectivity index (χ3n) is 1.51. The van der Waals surface area contributed by atoms with Gasteiger partial charge in [-0.3, -0.25) is 0 Å². The smallest absolute Gasteiger partial charge is 0.335 e. The molecule has 0 radical (unpaired) electrons. The van der Waals surface area contributed by atoms with Gasteiger partial charge in [0.2, 0.25) is 0 Å². The number of carboxylic acids is 1. The molecule has 0 bridgehead atoms. The minimum absolute atomic E-state index is 0.331. The molecule has 0 spiro atoms. The summed E-state index contributed by atoms with van der Waals surface area (Å²) in [4.78, 5) is 10.2. The topological polar surface area (TPSA) is 37.3 Å². The van der Waals surface area contributed by atoms with Crippen molar-refractivity contribution in [2.24, 2.45) is 0 Å². The molecule has 1 aromatic heterocycles. The van der Waals surface area contributed by atoms with Crippen LogP contribution in [-0.4, -0.2) is 11.1 Å². The van der Waals surface area contributed by atoms with Gasteiger partial charge >= 0.3 is 5.97 Å². The van der Waals surface area contributed by atoms with E-state index in [9.17, 15) is 4.79 Å². The highest BCUT2D eigenvalue weighted by molar-refractivity contribution is 9.11. The number of carboxylic acid groups (broad SMARTS) is 1. The summed E-state index contributed by atoms with van der Waals surface area (Å²) in [5.41, 5.74) is 0.331. The summed E-state index contributed by atoms with van der Waals surface area (Å²) in [6.07, 6.45) is 0. The standard InChI is InChI=1S/C7H6O2.C4H3BrS/c8-7(9)6-4-2-1-3-5-6;5-4-2-1-3-6-4/h1-5H,(H,8,9);1-3H. The number of halogens is 1. The van der Waals surface area contributed by atoms with E-state index >= 15 is 0 Å². The summed E-state index contributed by atoms with van der Waals surface area (Å²) in [7, 11) is 0. The molecule has 0 aliphatic carbocycles. The molecular weight excluding hydrogens is 276 g/mol. The molecule has 2 aromatic rings. The Kier molecular flexibility index (Phi) is 5.07. The molecule has 0 fully saturated rings. The van der Waals surface area contributed by atoms with Crippen LogP contribution in [0.25, 0.3) is 0 Å². The third-order valence-corrected chi connectivity index (χ3v) is 2.99. The van der Waals surface area contributed by atoms with Gasteiger partial charge in [-0.05, 0) is 39.5 Å². The second kappa shape index (κ2) is 6.37. The highest BCUT2D eigenvalue weighted by Crippen LogP contribution is 2.14. The fourth-order valence-corrected chi connectivity index (χ4v) is 1.76. The first kappa shape index (κ1) is 11.9. The second-order valence-electron chi connectivity index (χ2n) is 2.59. The average Bonchev–Trinajstić information content (AvgIpc) is 2.71. The van der Waals surface area contributed by atoms with Gasteiger partial charge in [0.15, 0.2) is 0 Å². The van der Waals surface area contributed by atoms with Gasteiger partial charge in [-0.25, -0.2) is 4.79 Å². The molecule has 1 heterocycles. The Morgan fingerprint density at radius 2 is 1.80 bits per heavy atom. The Morgan fingerprint density at radius 1 is 1.13 bits per heavy atom. The lowest BCUT2D eigenvalue weighted by atomic mass is 10.2. The van der Waals surface area contributed by atoms with Crippen molar-refractivity contribution in [3.8, 4) is 0 Å². The van der Waals surface area contributed by atoms with Crippen LogP contribution in [0.2, 0.25) is 0 Å². The zero-order valence-corrected chi connectivity index (χ0v) is 10.2. The van der Waals surface area contributed by atoms with E-state index in [1.165, 1.54) is 3.79 Å². The van der Waals surface area contributed by atoms with Gasteiger partial charge in [0.25, 0.3) is 0 Å². The minimum atomic E-state index is -0.879. The van der Waals surface area contributed by atoms with E-state index in [2.05, 4.69) is 15.9 Å². The molecule has 0 unspecified atom stereocenters. The number of hydrogen-bond acceptors (Lipinski definition) is 2. The zero-order chi connectivity index (χ0) is 11.1. The summed E-state index contributed by atoms with van der Waals surface area (Å²) in [6, 6.07) is 12.3. The quantitative estimate of drug-likeness (QED) is 0.863. The summed E-state index contributed by atoms with van der Waals surface area (Å²) >= 11 is 4.99. The molecule has 1 aromatic carbocycles. The molecule has 2 nitrogen and oxygen atoms in total. The molecule has 0 aliphatic heterocycles. The van der Waals surface area contributed by atoms with Crippen LogP contribution in [0.4, 0.5) is 0 Å². The van der Waals surface area contributed by atoms with Crippen molar-refractivity contribution in [3.05, 3.63) is 57.2 Å². The van der Waals surface area contributed by atoms with Crippen molar-refractivity contribution in [1.29, 1.82) is 0 Å². The van der Waals surface area contributed by atoms with Gasteiger partial charge in [0, 0.05) is 0 Å². The van der Waals surface area contributed by atoms with Crippen molar-refractivity contribution < 1.29 is 9.90 Å². The summed E-state index contributed by atoms with van der Waals surface area (Å²) in [5, 5.41) is 10.4. The van der Waals surface area contributed by atoms with E-state index in [1.807, 2.05) is 17.5 Å². The maximum atomic E-state index is 10.2. The molecule has 0 saturated heterocycles. The van der Waals surface area contributed by atoms with Crippen molar-refractivity contribution in [2.75, 3.05) is 0 Å². The molecule has 15 heavy (non-hydrogen) atoms. The highest BCUT2D eigenvalue weighted by Gasteiger charge is 1.96. The molecule has 0 atom stereocenters. The van der Waals surface area contributed by atoms with Crippen LogP contribution in [0.15, 0.2) is 51.6 Å². The lowest BCUT2D eigenvalue weighted by Gasteiger charge is -1.88. The monoisotopic (exact) mass is 284 g/mol. The molecule has 1 N–H and O–H groups in total. The Bertz CT molecular complexity index is 398. The largest absolute Gasteiger partial charge is 0.478 e. The van der Waals surface area contributed by atoms with Crippen LogP contribution < -0.4 is 0 Å². The molecule has 78 valence electrons. The second-order valence-corrected chi connectivity index (χ2v) is 4.92. The van der Waals surface area contributed by atoms with E-state index in [0.29, 0.717) is 5.56 Å². The number of carbonyl (C=O) groups is 1. The normalized spacial score (nSPS) is 8.87. The van der Waals surface area contributed by atoms with Crippen molar-refractivity contribution in [2.45, 2.75) is 0 Å². The molecular formula is C11H9BrO2S. The molecule has 2 rings (SSSR count). The predicted octanol–water partition coefficient (Wildman–Crippen LogP) is 3.90. The Labute approximate surface area is 100 Å². The van der Waals surface area contributed by atoms with Crippen molar-refractivity contribution >= 4 is 33.2 Å². The van der Waals surface area contributed by atoms with Gasteiger partial charge in [-0.15, -0.1) is 11.3 Å². The first-order valence-corrected chi connectivity index (χ1v) is 5.85. The van der Waals surface area contributed by atoms with Crippen LogP contribution >= 0.6 is 27.3 Å². The van der Waals surface area contributed by atoms with Gasteiger partial charge in [0.1, 0.15) is 0 Å². The Balaban J connectivity index is 0.000000162. The van der Waals surface area contributed by atoms with Crippen LogP contribution in [0, 0.1) is 0 Å². The SMILES string of the molecule is Brc1cccs1.O=C(O)c1ccccc1. The fraction of sp³-hybridized carbons (Fsp3) is 0. The van der Waals surface area contributed by atoms with Crippen LogP contribution in [0.3, 0.4) is 0 Å². The molecule has 0 aliphatic rings. The maximum absolute atomic E-state index is 10.2. The number of aromatic carboxylic acids is 1. The average molecular weight is 285 g/mol. The lowest BCUT2D eigenvalue weighted by molar-refractivity contribution is 0.0697. The van der Waals surface area contributed by atoms with Gasteiger partial charge in [-0.1, -0.05) is 24.3 Å². The van der Waals surface area contributed by atoms with Gasteiger partial charge < -0.3 is 5.11 Å². The summed E-state index contributed by atoms with van der Waals surface area (Å²) < 4.78 is 1.20. The lowest BCUT2D eigenvalue weighted by Crippen LogP contribution is -1.93. The number of thiophene rings is 1. The Morgan fingerprint density at radius 3 is 2.07 bits per heavy atom. The van der Waals surface area contributed by atoms with E-state index < -0.39 is 5.97 Å². The summed E-state index contributed by atoms with van der Waals surface area (Å²) in [6.45, 7) is 0. The zero-order valence-electron chi connectivity index (χ0n) is 7.76. The van der Waals surface area contributed by atoms with E-state index in [0.717, 1.165) is 0 Å². The summed E-state index contributed by atoms with van der Waals surface area (Å²) in [5.74, 6) is -0.879. The van der Waals surface area contributed by atoms with Gasteiger partial charge in [-0.2, -0.15) is 0 Å². The van der Waals surface area contributed by atoms with Crippen LogP contribution in [0.5, 0.6) is 0 Å². The molecule has 0 amide bonds. The predicted molar refractivity (Wildman–Crippen MR) is 65.4 cm³/mol. The Hall–Kier alpha value is -1.13. The number of rotatable bonds is 1. The third kappa shape index (κ3) is 4.76. The molecule has 0 saturated carbocycles.